The maximum absolute atomic E-state index is 11.3. The van der Waals surface area contributed by atoms with Gasteiger partial charge in [-0.1, -0.05) is 12.1 Å². The molecule has 0 aliphatic carbocycles. The average Bonchev–Trinajstić information content (AvgIpc) is 2.57. The van der Waals surface area contributed by atoms with Crippen molar-refractivity contribution in [2.45, 2.75) is 37.8 Å². The molecule has 0 radical (unpaired) electrons. The number of nitrogens with two attached hydrogens (primary N) is 2. The standard InChI is InChI=1S/C15H20N6O4S/c1-3-9(2)25-14-12(8-18-22)13(16)20-15(21-14)19-10-4-6-11(7-5-10)26(17,23)24/h4-7,9H,3,8H2,1-2H3,(H2,17,23,24)(H3,16,19,20,21). The lowest BCUT2D eigenvalue weighted by Gasteiger charge is -2.16. The molecule has 11 heteroatoms. The van der Waals surface area contributed by atoms with E-state index >= 15 is 0 Å². The van der Waals surface area contributed by atoms with Crippen LogP contribution in [-0.4, -0.2) is 24.5 Å². The van der Waals surface area contributed by atoms with Crippen molar-refractivity contribution in [3.63, 3.8) is 0 Å². The van der Waals surface area contributed by atoms with E-state index in [4.69, 9.17) is 15.6 Å². The van der Waals surface area contributed by atoms with Crippen molar-refractivity contribution >= 4 is 27.5 Å². The number of primary sulfonamides is 1. The van der Waals surface area contributed by atoms with E-state index < -0.39 is 10.0 Å². The van der Waals surface area contributed by atoms with Crippen molar-refractivity contribution in [2.24, 2.45) is 10.3 Å². The number of nitrogens with one attached hydrogen (secondary N) is 1. The van der Waals surface area contributed by atoms with Crippen molar-refractivity contribution in [3.05, 3.63) is 34.7 Å². The van der Waals surface area contributed by atoms with Crippen LogP contribution in [0, 0.1) is 4.91 Å². The van der Waals surface area contributed by atoms with E-state index in [0.717, 1.165) is 6.42 Å². The zero-order chi connectivity index (χ0) is 19.3. The third kappa shape index (κ3) is 4.86. The molecule has 0 bridgehead atoms. The van der Waals surface area contributed by atoms with E-state index in [1.807, 2.05) is 13.8 Å². The van der Waals surface area contributed by atoms with Gasteiger partial charge in [0.25, 0.3) is 0 Å². The minimum Gasteiger partial charge on any atom is -0.474 e. The van der Waals surface area contributed by atoms with E-state index in [1.54, 1.807) is 0 Å². The molecule has 0 saturated carbocycles. The molecule has 5 N–H and O–H groups in total. The Morgan fingerprint density at radius 1 is 1.27 bits per heavy atom. The Bertz CT molecular complexity index is 886. The molecule has 26 heavy (non-hydrogen) atoms. The van der Waals surface area contributed by atoms with Gasteiger partial charge >= 0.3 is 0 Å². The first-order valence-corrected chi connectivity index (χ1v) is 9.31. The summed E-state index contributed by atoms with van der Waals surface area (Å²) >= 11 is 0. The van der Waals surface area contributed by atoms with Gasteiger partial charge in [0.15, 0.2) is 0 Å². The number of benzene rings is 1. The number of nitroso groups, excluding NO2 is 1. The zero-order valence-electron chi connectivity index (χ0n) is 14.3. The van der Waals surface area contributed by atoms with Crippen LogP contribution in [0.15, 0.2) is 34.3 Å². The number of nitrogen functional groups attached to an aromatic ring is 1. The molecule has 0 saturated heterocycles. The summed E-state index contributed by atoms with van der Waals surface area (Å²) in [6, 6.07) is 5.72. The molecule has 0 aliphatic rings. The normalized spacial score (nSPS) is 12.4. The highest BCUT2D eigenvalue weighted by molar-refractivity contribution is 7.89. The van der Waals surface area contributed by atoms with Gasteiger partial charge in [0.1, 0.15) is 12.4 Å². The monoisotopic (exact) mass is 380 g/mol. The summed E-state index contributed by atoms with van der Waals surface area (Å²) in [7, 11) is -3.77. The maximum atomic E-state index is 11.3. The quantitative estimate of drug-likeness (QED) is 0.584. The Morgan fingerprint density at radius 3 is 2.46 bits per heavy atom. The van der Waals surface area contributed by atoms with Crippen LogP contribution in [0.1, 0.15) is 25.8 Å². The Labute approximate surface area is 151 Å². The first-order valence-electron chi connectivity index (χ1n) is 7.76. The van der Waals surface area contributed by atoms with Gasteiger partial charge in [-0.2, -0.15) is 14.9 Å². The molecule has 1 heterocycles. The fraction of sp³-hybridized carbons (Fsp3) is 0.333. The predicted molar refractivity (Wildman–Crippen MR) is 97.4 cm³/mol. The number of nitrogens with zero attached hydrogens (tertiary/aromatic N) is 3. The van der Waals surface area contributed by atoms with Gasteiger partial charge in [-0.05, 0) is 37.6 Å². The van der Waals surface area contributed by atoms with Crippen molar-refractivity contribution in [1.29, 1.82) is 0 Å². The molecule has 0 spiro atoms. The van der Waals surface area contributed by atoms with Crippen LogP contribution >= 0.6 is 0 Å². The van der Waals surface area contributed by atoms with Crippen LogP contribution in [0.25, 0.3) is 0 Å². The summed E-state index contributed by atoms with van der Waals surface area (Å²) in [5.41, 5.74) is 6.73. The van der Waals surface area contributed by atoms with Crippen molar-refractivity contribution in [1.82, 2.24) is 9.97 Å². The Morgan fingerprint density at radius 2 is 1.92 bits per heavy atom. The molecule has 1 aromatic heterocycles. The number of hydrogen-bond donors (Lipinski definition) is 3. The summed E-state index contributed by atoms with van der Waals surface area (Å²) in [5, 5.41) is 10.8. The highest BCUT2D eigenvalue weighted by Crippen LogP contribution is 2.27. The van der Waals surface area contributed by atoms with Gasteiger partial charge < -0.3 is 15.8 Å². The average molecular weight is 380 g/mol. The van der Waals surface area contributed by atoms with Crippen molar-refractivity contribution in [2.75, 3.05) is 11.1 Å². The van der Waals surface area contributed by atoms with Crippen LogP contribution in [0.2, 0.25) is 0 Å². The van der Waals surface area contributed by atoms with Crippen LogP contribution in [-0.2, 0) is 16.6 Å². The van der Waals surface area contributed by atoms with E-state index in [1.165, 1.54) is 24.3 Å². The Kier molecular flexibility index (Phi) is 6.05. The number of hydrogen-bond acceptors (Lipinski definition) is 9. The van der Waals surface area contributed by atoms with Crippen molar-refractivity contribution < 1.29 is 13.2 Å². The minimum absolute atomic E-state index is 0.0170. The number of aromatic nitrogens is 2. The largest absolute Gasteiger partial charge is 0.474 e. The van der Waals surface area contributed by atoms with Crippen LogP contribution in [0.3, 0.4) is 0 Å². The number of anilines is 3. The smallest absolute Gasteiger partial charge is 0.238 e. The van der Waals surface area contributed by atoms with Crippen LogP contribution in [0.5, 0.6) is 5.88 Å². The molecule has 2 aromatic rings. The molecule has 1 unspecified atom stereocenters. The van der Waals surface area contributed by atoms with E-state index in [9.17, 15) is 13.3 Å². The first-order chi connectivity index (χ1) is 12.2. The molecular weight excluding hydrogens is 360 g/mol. The summed E-state index contributed by atoms with van der Waals surface area (Å²) in [5.74, 6) is 0.385. The molecular formula is C15H20N6O4S. The third-order valence-corrected chi connectivity index (χ3v) is 4.48. The minimum atomic E-state index is -3.77. The van der Waals surface area contributed by atoms with Gasteiger partial charge in [0.2, 0.25) is 21.9 Å². The van der Waals surface area contributed by atoms with Crippen LogP contribution < -0.4 is 20.9 Å². The maximum Gasteiger partial charge on any atom is 0.238 e. The van der Waals surface area contributed by atoms with E-state index in [-0.39, 0.29) is 35.2 Å². The Hall–Kier alpha value is -2.79. The van der Waals surface area contributed by atoms with Gasteiger partial charge in [0.05, 0.1) is 16.6 Å². The van der Waals surface area contributed by atoms with Crippen molar-refractivity contribution in [3.8, 4) is 5.88 Å². The highest BCUT2D eigenvalue weighted by atomic mass is 32.2. The lowest BCUT2D eigenvalue weighted by molar-refractivity contribution is 0.206. The number of rotatable bonds is 8. The van der Waals surface area contributed by atoms with Gasteiger partial charge in [-0.15, -0.1) is 0 Å². The fourth-order valence-corrected chi connectivity index (χ4v) is 2.49. The molecule has 1 atom stereocenters. The molecule has 0 fully saturated rings. The summed E-state index contributed by atoms with van der Waals surface area (Å²) in [6.45, 7) is 3.59. The SMILES string of the molecule is CCC(C)Oc1nc(Nc2ccc(S(N)(=O)=O)cc2)nc(N)c1CN=O. The second-order valence-electron chi connectivity index (χ2n) is 5.53. The van der Waals surface area contributed by atoms with Gasteiger partial charge in [0, 0.05) is 5.69 Å². The Balaban J connectivity index is 2.33. The first kappa shape index (κ1) is 19.5. The highest BCUT2D eigenvalue weighted by Gasteiger charge is 2.16. The second-order valence-corrected chi connectivity index (χ2v) is 7.10. The lowest BCUT2D eigenvalue weighted by atomic mass is 10.2. The summed E-state index contributed by atoms with van der Waals surface area (Å²) < 4.78 is 28.3. The summed E-state index contributed by atoms with van der Waals surface area (Å²) in [6.07, 6.45) is 0.590. The molecule has 140 valence electrons. The third-order valence-electron chi connectivity index (χ3n) is 3.55. The fourth-order valence-electron chi connectivity index (χ4n) is 1.98. The van der Waals surface area contributed by atoms with E-state index in [2.05, 4.69) is 20.5 Å². The molecule has 0 aliphatic heterocycles. The van der Waals surface area contributed by atoms with Gasteiger partial charge in [-0.25, -0.2) is 13.6 Å². The zero-order valence-corrected chi connectivity index (χ0v) is 15.2. The number of ether oxygens (including phenoxy) is 1. The number of sulfonamides is 1. The molecule has 1 aromatic carbocycles. The summed E-state index contributed by atoms with van der Waals surface area (Å²) in [4.78, 5) is 18.9. The molecule has 0 amide bonds. The van der Waals surface area contributed by atoms with E-state index in [0.29, 0.717) is 11.3 Å². The molecule has 10 nitrogen and oxygen atoms in total. The van der Waals surface area contributed by atoms with Gasteiger partial charge in [-0.3, -0.25) is 0 Å². The molecule has 2 rings (SSSR count). The topological polar surface area (TPSA) is 163 Å². The van der Waals surface area contributed by atoms with Crippen LogP contribution in [0.4, 0.5) is 17.5 Å². The lowest BCUT2D eigenvalue weighted by Crippen LogP contribution is -2.15. The second kappa shape index (κ2) is 8.06. The predicted octanol–water partition coefficient (Wildman–Crippen LogP) is 1.89.